The third-order valence-electron chi connectivity index (χ3n) is 4.74. The van der Waals surface area contributed by atoms with E-state index in [-0.39, 0.29) is 35.2 Å². The number of rotatable bonds is 9. The number of anilines is 1. The van der Waals surface area contributed by atoms with Gasteiger partial charge in [0.15, 0.2) is 0 Å². The normalized spacial score (nSPS) is 12.0. The average Bonchev–Trinajstić information content (AvgIpc) is 2.73. The van der Waals surface area contributed by atoms with E-state index in [4.69, 9.17) is 15.8 Å². The summed E-state index contributed by atoms with van der Waals surface area (Å²) in [5, 5.41) is 5.74. The summed E-state index contributed by atoms with van der Waals surface area (Å²) in [6, 6.07) is 9.85. The van der Waals surface area contributed by atoms with Gasteiger partial charge in [0.05, 0.1) is 6.54 Å². The minimum atomic E-state index is -4.16. The number of amides is 3. The summed E-state index contributed by atoms with van der Waals surface area (Å²) in [5.41, 5.74) is 0.928. The molecule has 0 radical (unpaired) electrons. The van der Waals surface area contributed by atoms with Crippen molar-refractivity contribution in [3.8, 4) is 5.75 Å². The molecule has 2 aromatic rings. The second-order valence-electron chi connectivity index (χ2n) is 7.22. The zero-order valence-electron chi connectivity index (χ0n) is 18.5. The first kappa shape index (κ1) is 25.5. The Labute approximate surface area is 194 Å². The molecule has 2 aromatic carbocycles. The van der Waals surface area contributed by atoms with Crippen molar-refractivity contribution in [1.29, 1.82) is 0 Å². The molecule has 0 heterocycles. The van der Waals surface area contributed by atoms with Crippen LogP contribution in [0.3, 0.4) is 0 Å². The van der Waals surface area contributed by atoms with Gasteiger partial charge >= 0.3 is 16.1 Å². The number of hydrogen-bond donors (Lipinski definition) is 2. The van der Waals surface area contributed by atoms with Crippen molar-refractivity contribution in [2.45, 2.75) is 51.6 Å². The zero-order chi connectivity index (χ0) is 23.9. The van der Waals surface area contributed by atoms with Gasteiger partial charge < -0.3 is 19.7 Å². The summed E-state index contributed by atoms with van der Waals surface area (Å²) in [6.07, 6.45) is 0.715. The summed E-state index contributed by atoms with van der Waals surface area (Å²) < 4.78 is 31.1. The molecule has 0 saturated carbocycles. The molecule has 0 aliphatic heterocycles. The largest absolute Gasteiger partial charge is 0.379 e. The molecule has 1 atom stereocenters. The van der Waals surface area contributed by atoms with Gasteiger partial charge in [-0.3, -0.25) is 4.79 Å². The lowest BCUT2D eigenvalue weighted by atomic mass is 10.1. The van der Waals surface area contributed by atoms with Gasteiger partial charge in [0.2, 0.25) is 5.91 Å². The van der Waals surface area contributed by atoms with E-state index >= 15 is 0 Å². The van der Waals surface area contributed by atoms with E-state index in [2.05, 4.69) is 10.6 Å². The van der Waals surface area contributed by atoms with Crippen LogP contribution in [0, 0.1) is 0 Å². The number of halogens is 1. The highest BCUT2D eigenvalue weighted by Gasteiger charge is 2.23. The molecule has 0 bridgehead atoms. The van der Waals surface area contributed by atoms with Crippen LogP contribution in [-0.4, -0.2) is 37.8 Å². The Morgan fingerprint density at radius 3 is 2.34 bits per heavy atom. The van der Waals surface area contributed by atoms with E-state index in [0.717, 1.165) is 0 Å². The Balaban J connectivity index is 2.34. The molecule has 10 heteroatoms. The quantitative estimate of drug-likeness (QED) is 0.516. The highest BCUT2D eigenvalue weighted by atomic mass is 35.5. The maximum atomic E-state index is 12.8. The molecule has 0 aromatic heterocycles. The lowest BCUT2D eigenvalue weighted by molar-refractivity contribution is -0.114. The van der Waals surface area contributed by atoms with Crippen LogP contribution in [0.15, 0.2) is 47.4 Å². The van der Waals surface area contributed by atoms with Crippen LogP contribution >= 0.6 is 11.6 Å². The van der Waals surface area contributed by atoms with E-state index in [0.29, 0.717) is 29.2 Å². The number of nitrogens with zero attached hydrogens (tertiary/aromatic N) is 1. The van der Waals surface area contributed by atoms with E-state index in [9.17, 15) is 18.0 Å². The molecule has 174 valence electrons. The molecule has 0 aliphatic carbocycles. The van der Waals surface area contributed by atoms with Gasteiger partial charge in [0.25, 0.3) is 0 Å². The first-order chi connectivity index (χ1) is 15.1. The molecule has 1 unspecified atom stereocenters. The minimum absolute atomic E-state index is 0.0741. The summed E-state index contributed by atoms with van der Waals surface area (Å²) in [5.74, 6) is -0.182. The van der Waals surface area contributed by atoms with Crippen LogP contribution < -0.4 is 14.8 Å². The third-order valence-corrected chi connectivity index (χ3v) is 6.22. The van der Waals surface area contributed by atoms with Crippen molar-refractivity contribution in [3.63, 3.8) is 0 Å². The van der Waals surface area contributed by atoms with E-state index in [1.165, 1.54) is 43.3 Å². The third kappa shape index (κ3) is 6.86. The Morgan fingerprint density at radius 1 is 1.12 bits per heavy atom. The number of carbonyl (C=O) groups is 2. The van der Waals surface area contributed by atoms with E-state index < -0.39 is 10.1 Å². The summed E-state index contributed by atoms with van der Waals surface area (Å²) in [6.45, 7) is 7.64. The molecule has 0 fully saturated rings. The van der Waals surface area contributed by atoms with Gasteiger partial charge in [-0.05, 0) is 62.7 Å². The zero-order valence-corrected chi connectivity index (χ0v) is 20.1. The number of urea groups is 1. The van der Waals surface area contributed by atoms with Crippen LogP contribution in [-0.2, 0) is 21.5 Å². The first-order valence-corrected chi connectivity index (χ1v) is 12.0. The van der Waals surface area contributed by atoms with Crippen LogP contribution in [0.2, 0.25) is 5.02 Å². The Hall–Kier alpha value is -2.78. The van der Waals surface area contributed by atoms with Crippen LogP contribution in [0.1, 0.15) is 39.7 Å². The molecule has 32 heavy (non-hydrogen) atoms. The Bertz CT molecular complexity index is 1060. The minimum Gasteiger partial charge on any atom is -0.379 e. The predicted octanol–water partition coefficient (Wildman–Crippen LogP) is 4.40. The fraction of sp³-hybridized carbons (Fsp3) is 0.364. The fourth-order valence-electron chi connectivity index (χ4n) is 2.91. The Kier molecular flexibility index (Phi) is 8.91. The number of hydrogen-bond acceptors (Lipinski definition) is 5. The van der Waals surface area contributed by atoms with Crippen molar-refractivity contribution in [2.24, 2.45) is 0 Å². The van der Waals surface area contributed by atoms with Crippen LogP contribution in [0.5, 0.6) is 5.75 Å². The molecule has 0 saturated heterocycles. The SMILES string of the molecule is CCNC(=O)N(Cc1cc(Cl)ccc1OS(=O)(=O)c1ccc(NC(C)=O)cc1)C(C)CC. The topological polar surface area (TPSA) is 105 Å². The van der Waals surface area contributed by atoms with Gasteiger partial charge in [-0.2, -0.15) is 8.42 Å². The van der Waals surface area contributed by atoms with Gasteiger partial charge in [-0.1, -0.05) is 18.5 Å². The summed E-state index contributed by atoms with van der Waals surface area (Å²) in [4.78, 5) is 25.2. The van der Waals surface area contributed by atoms with Gasteiger partial charge in [-0.25, -0.2) is 4.79 Å². The average molecular weight is 482 g/mol. The van der Waals surface area contributed by atoms with Crippen molar-refractivity contribution >= 4 is 39.3 Å². The van der Waals surface area contributed by atoms with Gasteiger partial charge in [-0.15, -0.1) is 0 Å². The van der Waals surface area contributed by atoms with Crippen molar-refractivity contribution in [3.05, 3.63) is 53.1 Å². The molecule has 8 nitrogen and oxygen atoms in total. The summed E-state index contributed by atoms with van der Waals surface area (Å²) in [7, 11) is -4.16. The standard InChI is InChI=1S/C22H28ClN3O5S/c1-5-15(3)26(22(28)24-6-2)14-17-13-18(23)7-12-21(17)31-32(29,30)20-10-8-19(9-11-20)25-16(4)27/h7-13,15H,5-6,14H2,1-4H3,(H,24,28)(H,25,27). The van der Waals surface area contributed by atoms with Crippen molar-refractivity contribution < 1.29 is 22.2 Å². The van der Waals surface area contributed by atoms with E-state index in [1.54, 1.807) is 11.0 Å². The molecule has 3 amide bonds. The number of nitrogens with one attached hydrogen (secondary N) is 2. The van der Waals surface area contributed by atoms with Crippen molar-refractivity contribution in [1.82, 2.24) is 10.2 Å². The second-order valence-corrected chi connectivity index (χ2v) is 9.20. The smallest absolute Gasteiger partial charge is 0.339 e. The fourth-order valence-corrected chi connectivity index (χ4v) is 4.07. The highest BCUT2D eigenvalue weighted by Crippen LogP contribution is 2.28. The molecule has 2 rings (SSSR count). The van der Waals surface area contributed by atoms with Gasteiger partial charge in [0.1, 0.15) is 10.6 Å². The predicted molar refractivity (Wildman–Crippen MR) is 124 cm³/mol. The molecule has 2 N–H and O–H groups in total. The first-order valence-electron chi connectivity index (χ1n) is 10.2. The maximum absolute atomic E-state index is 12.8. The van der Waals surface area contributed by atoms with Crippen LogP contribution in [0.25, 0.3) is 0 Å². The lowest BCUT2D eigenvalue weighted by Crippen LogP contribution is -2.44. The molecular formula is C22H28ClN3O5S. The second kappa shape index (κ2) is 11.2. The maximum Gasteiger partial charge on any atom is 0.339 e. The Morgan fingerprint density at radius 2 is 1.78 bits per heavy atom. The van der Waals surface area contributed by atoms with E-state index in [1.807, 2.05) is 20.8 Å². The number of carbonyl (C=O) groups excluding carboxylic acids is 2. The highest BCUT2D eigenvalue weighted by molar-refractivity contribution is 7.87. The molecule has 0 spiro atoms. The molecular weight excluding hydrogens is 454 g/mol. The van der Waals surface area contributed by atoms with Crippen molar-refractivity contribution in [2.75, 3.05) is 11.9 Å². The lowest BCUT2D eigenvalue weighted by Gasteiger charge is -2.29. The monoisotopic (exact) mass is 481 g/mol. The van der Waals surface area contributed by atoms with Gasteiger partial charge in [0, 0.05) is 35.8 Å². The van der Waals surface area contributed by atoms with Crippen LogP contribution in [0.4, 0.5) is 10.5 Å². The molecule has 0 aliphatic rings. The number of benzene rings is 2. The summed E-state index contributed by atoms with van der Waals surface area (Å²) >= 11 is 6.14.